The topological polar surface area (TPSA) is 61.8 Å². The molecule has 0 radical (unpaired) electrons. The molecule has 0 N–H and O–H groups in total. The fraction of sp³-hybridized carbons (Fsp3) is 0.593. The summed E-state index contributed by atoms with van der Waals surface area (Å²) >= 11 is 0. The average Bonchev–Trinajstić information content (AvgIpc) is 3.30. The van der Waals surface area contributed by atoms with E-state index in [1.807, 2.05) is 6.08 Å². The smallest absolute Gasteiger partial charge is 0.306 e. The van der Waals surface area contributed by atoms with Crippen molar-refractivity contribution in [3.05, 3.63) is 134 Å². The van der Waals surface area contributed by atoms with Crippen LogP contribution in [-0.2, 0) is 23.8 Å². The lowest BCUT2D eigenvalue weighted by atomic mass is 10.1. The van der Waals surface area contributed by atoms with Crippen LogP contribution in [0.15, 0.2) is 134 Å². The third kappa shape index (κ3) is 50.7. The highest BCUT2D eigenvalue weighted by Crippen LogP contribution is 2.11. The predicted molar refractivity (Wildman–Crippen MR) is 278 cm³/mol. The molecule has 0 spiro atoms. The number of ether oxygens (including phenoxy) is 3. The van der Waals surface area contributed by atoms with Gasteiger partial charge in [0.15, 0.2) is 6.10 Å². The van der Waals surface area contributed by atoms with E-state index in [9.17, 15) is 9.59 Å². The van der Waals surface area contributed by atoms with Gasteiger partial charge in [-0.25, -0.2) is 0 Å². The largest absolute Gasteiger partial charge is 0.462 e. The second kappa shape index (κ2) is 53.4. The molecule has 0 saturated carbocycles. The molecule has 1 unspecified atom stereocenters. The highest BCUT2D eigenvalue weighted by molar-refractivity contribution is 5.70. The summed E-state index contributed by atoms with van der Waals surface area (Å²) in [4.78, 5) is 25.4. The summed E-state index contributed by atoms with van der Waals surface area (Å²) in [6.07, 6.45) is 76.2. The van der Waals surface area contributed by atoms with Crippen molar-refractivity contribution in [1.29, 1.82) is 0 Å². The van der Waals surface area contributed by atoms with Gasteiger partial charge in [0.05, 0.1) is 6.61 Å². The van der Waals surface area contributed by atoms with Crippen LogP contribution in [-0.4, -0.2) is 37.9 Å². The third-order valence-corrected chi connectivity index (χ3v) is 10.2. The summed E-state index contributed by atoms with van der Waals surface area (Å²) in [5, 5.41) is 0. The van der Waals surface area contributed by atoms with Gasteiger partial charge >= 0.3 is 11.9 Å². The Morgan fingerprint density at radius 1 is 0.359 bits per heavy atom. The Morgan fingerprint density at radius 2 is 0.734 bits per heavy atom. The number of carbonyl (C=O) groups is 2. The zero-order chi connectivity index (χ0) is 46.3. The van der Waals surface area contributed by atoms with Crippen LogP contribution in [0.25, 0.3) is 0 Å². The zero-order valence-electron chi connectivity index (χ0n) is 41.2. The van der Waals surface area contributed by atoms with Gasteiger partial charge in [0.1, 0.15) is 6.61 Å². The maximum absolute atomic E-state index is 12.8. The fourth-order valence-electron chi connectivity index (χ4n) is 6.40. The average molecular weight is 883 g/mol. The van der Waals surface area contributed by atoms with Crippen LogP contribution in [0, 0.1) is 0 Å². The second-order valence-electron chi connectivity index (χ2n) is 16.3. The molecule has 0 amide bonds. The summed E-state index contributed by atoms with van der Waals surface area (Å²) in [5.41, 5.74) is 0. The van der Waals surface area contributed by atoms with E-state index in [4.69, 9.17) is 14.2 Å². The first-order valence-electron chi connectivity index (χ1n) is 25.7. The van der Waals surface area contributed by atoms with Gasteiger partial charge in [-0.1, -0.05) is 199 Å². The van der Waals surface area contributed by atoms with E-state index in [-0.39, 0.29) is 31.6 Å². The van der Waals surface area contributed by atoms with Gasteiger partial charge in [-0.2, -0.15) is 0 Å². The lowest BCUT2D eigenvalue weighted by Crippen LogP contribution is -2.30. The van der Waals surface area contributed by atoms with Crippen molar-refractivity contribution in [2.45, 2.75) is 207 Å². The molecule has 5 heteroatoms. The van der Waals surface area contributed by atoms with Crippen LogP contribution in [0.1, 0.15) is 201 Å². The summed E-state index contributed by atoms with van der Waals surface area (Å²) in [6.45, 7) is 7.43. The van der Waals surface area contributed by atoms with Crippen LogP contribution in [0.3, 0.4) is 0 Å². The molecule has 0 aromatic rings. The number of unbranched alkanes of at least 4 members (excludes halogenated alkanes) is 12. The molecule has 0 aliphatic rings. The summed E-state index contributed by atoms with van der Waals surface area (Å²) in [6, 6.07) is 0. The summed E-state index contributed by atoms with van der Waals surface area (Å²) in [5.74, 6) is -0.555. The highest BCUT2D eigenvalue weighted by Gasteiger charge is 2.17. The SMILES string of the molecule is CC/C=C\C/C=C\C/C=C\C/C=C\C/C=C\C/C=C\CCC(=O)OCC(COCCCCCCCC/C=C\CCCCCC)OC(=O)CCCC/C=C\C/C=C\C/C=C\C/C=C\CC. The molecular formula is C59H94O5. The van der Waals surface area contributed by atoms with Crippen molar-refractivity contribution in [3.8, 4) is 0 Å². The van der Waals surface area contributed by atoms with Crippen molar-refractivity contribution in [2.75, 3.05) is 19.8 Å². The number of allylic oxidation sites excluding steroid dienone is 22. The molecule has 0 saturated heterocycles. The lowest BCUT2D eigenvalue weighted by Gasteiger charge is -2.18. The van der Waals surface area contributed by atoms with Gasteiger partial charge in [-0.3, -0.25) is 9.59 Å². The molecule has 0 bridgehead atoms. The Bertz CT molecular complexity index is 1370. The van der Waals surface area contributed by atoms with Gasteiger partial charge in [-0.15, -0.1) is 0 Å². The Morgan fingerprint density at radius 3 is 1.20 bits per heavy atom. The van der Waals surface area contributed by atoms with Gasteiger partial charge in [0, 0.05) is 19.4 Å². The molecule has 0 aromatic carbocycles. The zero-order valence-corrected chi connectivity index (χ0v) is 41.2. The number of hydrogen-bond acceptors (Lipinski definition) is 5. The van der Waals surface area contributed by atoms with Crippen LogP contribution < -0.4 is 0 Å². The van der Waals surface area contributed by atoms with Gasteiger partial charge < -0.3 is 14.2 Å². The molecule has 0 rings (SSSR count). The highest BCUT2D eigenvalue weighted by atomic mass is 16.6. The number of esters is 2. The minimum Gasteiger partial charge on any atom is -0.462 e. The van der Waals surface area contributed by atoms with Crippen molar-refractivity contribution >= 4 is 11.9 Å². The van der Waals surface area contributed by atoms with Gasteiger partial charge in [0.25, 0.3) is 0 Å². The van der Waals surface area contributed by atoms with E-state index < -0.39 is 6.10 Å². The molecule has 1 atom stereocenters. The number of carbonyl (C=O) groups excluding carboxylic acids is 2. The summed E-state index contributed by atoms with van der Waals surface area (Å²) < 4.78 is 17.3. The molecule has 64 heavy (non-hydrogen) atoms. The van der Waals surface area contributed by atoms with Crippen LogP contribution in [0.5, 0.6) is 0 Å². The first kappa shape index (κ1) is 60.0. The third-order valence-electron chi connectivity index (χ3n) is 10.2. The molecule has 0 heterocycles. The van der Waals surface area contributed by atoms with Crippen molar-refractivity contribution < 1.29 is 23.8 Å². The molecular weight excluding hydrogens is 789 g/mol. The minimum atomic E-state index is -0.601. The second-order valence-corrected chi connectivity index (χ2v) is 16.3. The van der Waals surface area contributed by atoms with Crippen LogP contribution >= 0.6 is 0 Å². The minimum absolute atomic E-state index is 0.0173. The summed E-state index contributed by atoms with van der Waals surface area (Å²) in [7, 11) is 0. The first-order valence-corrected chi connectivity index (χ1v) is 25.7. The maximum atomic E-state index is 12.8. The van der Waals surface area contributed by atoms with Crippen LogP contribution in [0.2, 0.25) is 0 Å². The van der Waals surface area contributed by atoms with E-state index in [1.165, 1.54) is 64.2 Å². The normalized spacial score (nSPS) is 13.4. The quantitative estimate of drug-likeness (QED) is 0.0346. The number of hydrogen-bond donors (Lipinski definition) is 0. The molecule has 5 nitrogen and oxygen atoms in total. The van der Waals surface area contributed by atoms with E-state index in [1.54, 1.807) is 0 Å². The lowest BCUT2D eigenvalue weighted by molar-refractivity contribution is -0.162. The van der Waals surface area contributed by atoms with Crippen LogP contribution in [0.4, 0.5) is 0 Å². The standard InChI is InChI=1S/C59H94O5/c1-4-7-10-13-16-19-22-25-28-29-30-31-33-34-37-40-43-46-49-52-58(60)63-56-57(55-62-54-51-48-45-42-39-36-27-24-21-18-15-12-9-6-3)64-59(61)53-50-47-44-41-38-35-32-26-23-20-17-14-11-8-5-2/h7-8,10-11,16-17,19-21,24-26,28,30-32,34,37-38,41,43,46,57H,4-6,9,12-15,18,22-23,27,29,33,35-36,39-40,42,44-45,47-56H2,1-3H3/b10-7-,11-8-,19-16-,20-17-,24-21-,28-25-,31-30-,32-26-,37-34-,41-38-,46-43-. The first-order chi connectivity index (χ1) is 31.6. The molecule has 0 aliphatic carbocycles. The Hall–Kier alpha value is -3.96. The van der Waals surface area contributed by atoms with E-state index in [0.29, 0.717) is 19.4 Å². The maximum Gasteiger partial charge on any atom is 0.306 e. The van der Waals surface area contributed by atoms with E-state index in [0.717, 1.165) is 96.3 Å². The van der Waals surface area contributed by atoms with Gasteiger partial charge in [0.2, 0.25) is 0 Å². The fourth-order valence-corrected chi connectivity index (χ4v) is 6.40. The molecule has 0 aromatic heterocycles. The van der Waals surface area contributed by atoms with Crippen molar-refractivity contribution in [1.82, 2.24) is 0 Å². The van der Waals surface area contributed by atoms with E-state index in [2.05, 4.69) is 148 Å². The Kier molecular flexibility index (Phi) is 50.1. The molecule has 0 aliphatic heterocycles. The molecule has 0 fully saturated rings. The Labute approximate surface area is 394 Å². The predicted octanol–water partition coefficient (Wildman–Crippen LogP) is 17.6. The van der Waals surface area contributed by atoms with E-state index >= 15 is 0 Å². The molecule has 360 valence electrons. The monoisotopic (exact) mass is 883 g/mol. The van der Waals surface area contributed by atoms with Gasteiger partial charge in [-0.05, 0) is 122 Å². The Balaban J connectivity index is 4.49. The van der Waals surface area contributed by atoms with Crippen molar-refractivity contribution in [2.24, 2.45) is 0 Å². The number of rotatable bonds is 45. The van der Waals surface area contributed by atoms with Crippen molar-refractivity contribution in [3.63, 3.8) is 0 Å².